The highest BCUT2D eigenvalue weighted by Crippen LogP contribution is 2.38. The number of carboxylic acid groups (broad SMARTS) is 1. The van der Waals surface area contributed by atoms with Gasteiger partial charge >= 0.3 is 5.97 Å². The molecule has 1 saturated carbocycles. The van der Waals surface area contributed by atoms with Gasteiger partial charge in [0.2, 0.25) is 0 Å². The van der Waals surface area contributed by atoms with Crippen LogP contribution in [0.2, 0.25) is 0 Å². The second-order valence-corrected chi connectivity index (χ2v) is 5.21. The van der Waals surface area contributed by atoms with Crippen LogP contribution in [0, 0.1) is 11.7 Å². The number of nitrogens with zero attached hydrogens (tertiary/aromatic N) is 2. The Morgan fingerprint density at radius 3 is 2.95 bits per heavy atom. The maximum Gasteiger partial charge on any atom is 0.306 e. The molecule has 2 aromatic rings. The van der Waals surface area contributed by atoms with Crippen LogP contribution in [0.3, 0.4) is 0 Å². The van der Waals surface area contributed by atoms with Gasteiger partial charge in [-0.05, 0) is 31.4 Å². The quantitative estimate of drug-likeness (QED) is 0.905. The minimum Gasteiger partial charge on any atom is -0.481 e. The predicted octanol–water partition coefficient (Wildman–Crippen LogP) is 2.68. The summed E-state index contributed by atoms with van der Waals surface area (Å²) in [4.78, 5) is 15.5. The molecule has 19 heavy (non-hydrogen) atoms. The Balaban J connectivity index is 1.97. The molecule has 100 valence electrons. The summed E-state index contributed by atoms with van der Waals surface area (Å²) < 4.78 is 15.1. The number of aromatic nitrogens is 2. The minimum absolute atomic E-state index is 0.154. The molecule has 0 spiro atoms. The van der Waals surface area contributed by atoms with Gasteiger partial charge in [-0.1, -0.05) is 0 Å². The standard InChI is InChI=1S/C14H15FN2O2/c1-17-12-5-4-10(15)7-11(12)16-13(17)8-2-3-9(6-8)14(18)19/h4-5,7-9H,2-3,6H2,1H3,(H,18,19). The molecule has 4 nitrogen and oxygen atoms in total. The predicted molar refractivity (Wildman–Crippen MR) is 68.4 cm³/mol. The van der Waals surface area contributed by atoms with Gasteiger partial charge in [0.15, 0.2) is 0 Å². The molecule has 1 heterocycles. The molecular weight excluding hydrogens is 247 g/mol. The summed E-state index contributed by atoms with van der Waals surface area (Å²) in [6.07, 6.45) is 2.14. The van der Waals surface area contributed by atoms with Crippen molar-refractivity contribution in [3.63, 3.8) is 0 Å². The Hall–Kier alpha value is -1.91. The lowest BCUT2D eigenvalue weighted by Crippen LogP contribution is -2.10. The van der Waals surface area contributed by atoms with Gasteiger partial charge < -0.3 is 9.67 Å². The van der Waals surface area contributed by atoms with E-state index in [2.05, 4.69) is 4.98 Å². The van der Waals surface area contributed by atoms with Crippen LogP contribution in [0.25, 0.3) is 11.0 Å². The first-order chi connectivity index (χ1) is 9.06. The Labute approximate surface area is 109 Å². The second kappa shape index (κ2) is 4.33. The third-order valence-corrected chi connectivity index (χ3v) is 4.02. The number of carboxylic acids is 1. The molecule has 0 bridgehead atoms. The van der Waals surface area contributed by atoms with E-state index in [0.29, 0.717) is 18.4 Å². The van der Waals surface area contributed by atoms with Gasteiger partial charge in [-0.2, -0.15) is 0 Å². The van der Waals surface area contributed by atoms with Gasteiger partial charge in [0.05, 0.1) is 17.0 Å². The summed E-state index contributed by atoms with van der Waals surface area (Å²) in [6.45, 7) is 0. The normalized spacial score (nSPS) is 23.1. The van der Waals surface area contributed by atoms with Crippen molar-refractivity contribution < 1.29 is 14.3 Å². The van der Waals surface area contributed by atoms with E-state index in [9.17, 15) is 9.18 Å². The van der Waals surface area contributed by atoms with E-state index < -0.39 is 5.97 Å². The number of benzene rings is 1. The van der Waals surface area contributed by atoms with Crippen LogP contribution in [0.1, 0.15) is 31.0 Å². The summed E-state index contributed by atoms with van der Waals surface area (Å²) in [5.74, 6) is -0.285. The first kappa shape index (κ1) is 12.1. The summed E-state index contributed by atoms with van der Waals surface area (Å²) in [5.41, 5.74) is 1.52. The maximum absolute atomic E-state index is 13.2. The lowest BCUT2D eigenvalue weighted by atomic mass is 10.0. The van der Waals surface area contributed by atoms with Crippen LogP contribution in [0.15, 0.2) is 18.2 Å². The number of imidazole rings is 1. The molecule has 3 rings (SSSR count). The lowest BCUT2D eigenvalue weighted by Gasteiger charge is -2.09. The molecule has 1 aromatic heterocycles. The minimum atomic E-state index is -0.729. The van der Waals surface area contributed by atoms with Crippen LogP contribution in [-0.4, -0.2) is 20.6 Å². The maximum atomic E-state index is 13.2. The van der Waals surface area contributed by atoms with Gasteiger partial charge in [-0.3, -0.25) is 4.79 Å². The number of aliphatic carboxylic acids is 1. The van der Waals surface area contributed by atoms with E-state index >= 15 is 0 Å². The van der Waals surface area contributed by atoms with Crippen molar-refractivity contribution in [1.82, 2.24) is 9.55 Å². The molecule has 0 saturated heterocycles. The molecule has 5 heteroatoms. The number of aryl methyl sites for hydroxylation is 1. The largest absolute Gasteiger partial charge is 0.481 e. The van der Waals surface area contributed by atoms with Crippen LogP contribution in [0.4, 0.5) is 4.39 Å². The Morgan fingerprint density at radius 2 is 2.26 bits per heavy atom. The van der Waals surface area contributed by atoms with Crippen molar-refractivity contribution in [2.24, 2.45) is 13.0 Å². The van der Waals surface area contributed by atoms with Crippen LogP contribution < -0.4 is 0 Å². The highest BCUT2D eigenvalue weighted by molar-refractivity contribution is 5.76. The van der Waals surface area contributed by atoms with Crippen molar-refractivity contribution in [2.75, 3.05) is 0 Å². The van der Waals surface area contributed by atoms with Gasteiger partial charge in [0.25, 0.3) is 0 Å². The summed E-state index contributed by atoms with van der Waals surface area (Å²) in [7, 11) is 1.90. The molecule has 1 aromatic carbocycles. The van der Waals surface area contributed by atoms with Gasteiger partial charge in [-0.25, -0.2) is 9.37 Å². The third-order valence-electron chi connectivity index (χ3n) is 4.02. The molecule has 1 N–H and O–H groups in total. The molecular formula is C14H15FN2O2. The van der Waals surface area contributed by atoms with E-state index in [-0.39, 0.29) is 17.7 Å². The third kappa shape index (κ3) is 1.99. The second-order valence-electron chi connectivity index (χ2n) is 5.21. The van der Waals surface area contributed by atoms with E-state index in [1.54, 1.807) is 6.07 Å². The monoisotopic (exact) mass is 262 g/mol. The van der Waals surface area contributed by atoms with Crippen molar-refractivity contribution in [2.45, 2.75) is 25.2 Å². The number of hydrogen-bond acceptors (Lipinski definition) is 2. The number of rotatable bonds is 2. The Morgan fingerprint density at radius 1 is 1.47 bits per heavy atom. The average molecular weight is 262 g/mol. The summed E-state index contributed by atoms with van der Waals surface area (Å²) in [6, 6.07) is 4.55. The molecule has 0 aliphatic heterocycles. The topological polar surface area (TPSA) is 55.1 Å². The van der Waals surface area contributed by atoms with Crippen LogP contribution >= 0.6 is 0 Å². The van der Waals surface area contributed by atoms with E-state index in [0.717, 1.165) is 17.8 Å². The van der Waals surface area contributed by atoms with E-state index in [1.807, 2.05) is 11.6 Å². The van der Waals surface area contributed by atoms with Crippen molar-refractivity contribution in [3.8, 4) is 0 Å². The van der Waals surface area contributed by atoms with Gasteiger partial charge in [-0.15, -0.1) is 0 Å². The highest BCUT2D eigenvalue weighted by Gasteiger charge is 2.33. The van der Waals surface area contributed by atoms with Crippen molar-refractivity contribution in [3.05, 3.63) is 29.8 Å². The zero-order chi connectivity index (χ0) is 13.6. The fourth-order valence-electron chi connectivity index (χ4n) is 3.00. The summed E-state index contributed by atoms with van der Waals surface area (Å²) >= 11 is 0. The number of carbonyl (C=O) groups is 1. The molecule has 0 amide bonds. The number of halogens is 1. The first-order valence-electron chi connectivity index (χ1n) is 6.41. The molecule has 1 aliphatic rings. The summed E-state index contributed by atoms with van der Waals surface area (Å²) in [5, 5.41) is 9.05. The highest BCUT2D eigenvalue weighted by atomic mass is 19.1. The fraction of sp³-hybridized carbons (Fsp3) is 0.429. The zero-order valence-electron chi connectivity index (χ0n) is 10.6. The first-order valence-corrected chi connectivity index (χ1v) is 6.41. The molecule has 2 atom stereocenters. The Bertz CT molecular complexity index is 650. The van der Waals surface area contributed by atoms with Gasteiger partial charge in [0, 0.05) is 19.0 Å². The van der Waals surface area contributed by atoms with Crippen molar-refractivity contribution >= 4 is 17.0 Å². The molecule has 2 unspecified atom stereocenters. The van der Waals surface area contributed by atoms with Crippen LogP contribution in [-0.2, 0) is 11.8 Å². The van der Waals surface area contributed by atoms with Gasteiger partial charge in [0.1, 0.15) is 11.6 Å². The number of fused-ring (bicyclic) bond motifs is 1. The van der Waals surface area contributed by atoms with E-state index in [4.69, 9.17) is 5.11 Å². The van der Waals surface area contributed by atoms with Crippen LogP contribution in [0.5, 0.6) is 0 Å². The average Bonchev–Trinajstić information content (AvgIpc) is 2.94. The molecule has 1 fully saturated rings. The number of hydrogen-bond donors (Lipinski definition) is 1. The van der Waals surface area contributed by atoms with E-state index in [1.165, 1.54) is 12.1 Å². The zero-order valence-corrected chi connectivity index (χ0v) is 10.6. The fourth-order valence-corrected chi connectivity index (χ4v) is 3.00. The smallest absolute Gasteiger partial charge is 0.306 e. The SMILES string of the molecule is Cn1c(C2CCC(C(=O)O)C2)nc2cc(F)ccc21. The lowest BCUT2D eigenvalue weighted by molar-refractivity contribution is -0.141. The molecule has 0 radical (unpaired) electrons. The Kier molecular flexibility index (Phi) is 2.77. The van der Waals surface area contributed by atoms with Crippen molar-refractivity contribution in [1.29, 1.82) is 0 Å². The molecule has 1 aliphatic carbocycles.